The van der Waals surface area contributed by atoms with Crippen molar-refractivity contribution in [2.45, 2.75) is 3.92 Å². The molecule has 0 spiro atoms. The molecule has 18 heavy (non-hydrogen) atoms. The highest BCUT2D eigenvalue weighted by molar-refractivity contribution is 14.1. The van der Waals surface area contributed by atoms with E-state index in [1.165, 1.54) is 0 Å². The second kappa shape index (κ2) is 8.41. The Morgan fingerprint density at radius 1 is 1.33 bits per heavy atom. The number of esters is 1. The Labute approximate surface area is 119 Å². The number of hydrogen-bond acceptors (Lipinski definition) is 4. The van der Waals surface area contributed by atoms with Gasteiger partial charge >= 0.3 is 5.97 Å². The fourth-order valence-corrected chi connectivity index (χ4v) is 1.90. The van der Waals surface area contributed by atoms with Gasteiger partial charge in [-0.15, -0.1) is 10.3 Å². The molecule has 1 aromatic carbocycles. The highest BCUT2D eigenvalue weighted by atomic mass is 127. The number of halogens is 1. The summed E-state index contributed by atoms with van der Waals surface area (Å²) in [7, 11) is 0. The maximum absolute atomic E-state index is 11.7. The molecule has 1 unspecified atom stereocenters. The number of hydrogen-bond donors (Lipinski definition) is 1. The van der Waals surface area contributed by atoms with Crippen LogP contribution in [0.25, 0.3) is 0 Å². The van der Waals surface area contributed by atoms with Crippen molar-refractivity contribution >= 4 is 28.6 Å². The second-order valence-electron chi connectivity index (χ2n) is 3.59. The molecule has 0 aliphatic rings. The molecular formula is C12H15INO4. The topological polar surface area (TPSA) is 69.7 Å². The number of rotatable bonds is 7. The molecule has 0 amide bonds. The summed E-state index contributed by atoms with van der Waals surface area (Å²) in [5.74, 6) is -0.362. The molecule has 0 heterocycles. The molecular weight excluding hydrogens is 349 g/mol. The van der Waals surface area contributed by atoms with Gasteiger partial charge in [-0.3, -0.25) is 4.79 Å². The Bertz CT molecular complexity index is 360. The van der Waals surface area contributed by atoms with Crippen LogP contribution >= 0.6 is 22.6 Å². The van der Waals surface area contributed by atoms with Crippen LogP contribution in [0.3, 0.4) is 0 Å². The first kappa shape index (κ1) is 15.4. The van der Waals surface area contributed by atoms with Crippen LogP contribution in [0.5, 0.6) is 0 Å². The summed E-state index contributed by atoms with van der Waals surface area (Å²) in [5.41, 5.74) is 0.873. The van der Waals surface area contributed by atoms with Crippen LogP contribution in [-0.4, -0.2) is 42.4 Å². The molecule has 1 atom stereocenters. The van der Waals surface area contributed by atoms with Crippen molar-refractivity contribution in [3.63, 3.8) is 0 Å². The molecule has 0 saturated heterocycles. The molecule has 1 aromatic rings. The highest BCUT2D eigenvalue weighted by Crippen LogP contribution is 2.24. The van der Waals surface area contributed by atoms with Crippen molar-refractivity contribution in [2.75, 3.05) is 26.3 Å². The molecule has 5 nitrogen and oxygen atoms in total. The van der Waals surface area contributed by atoms with E-state index in [2.05, 4.69) is 0 Å². The van der Waals surface area contributed by atoms with Crippen LogP contribution in [0.4, 0.5) is 0 Å². The van der Waals surface area contributed by atoms with Gasteiger partial charge in [0.2, 0.25) is 0 Å². The summed E-state index contributed by atoms with van der Waals surface area (Å²) < 4.78 is 4.63. The average Bonchev–Trinajstić information content (AvgIpc) is 2.39. The van der Waals surface area contributed by atoms with E-state index in [1.54, 1.807) is 0 Å². The minimum atomic E-state index is -0.373. The number of nitrogens with zero attached hydrogens (tertiary/aromatic N) is 1. The molecule has 1 radical (unpaired) electrons. The van der Waals surface area contributed by atoms with Gasteiger partial charge in [-0.05, 0) is 5.56 Å². The summed E-state index contributed by atoms with van der Waals surface area (Å²) in [6, 6.07) is 9.29. The van der Waals surface area contributed by atoms with Crippen molar-refractivity contribution in [1.82, 2.24) is 5.06 Å². The number of alkyl halides is 1. The minimum Gasteiger partial charge on any atom is -0.463 e. The highest BCUT2D eigenvalue weighted by Gasteiger charge is 2.18. The SMILES string of the molecule is [O]N(CCO)CCOC(=O)C(I)c1ccccc1. The first-order valence-corrected chi connectivity index (χ1v) is 6.78. The fourth-order valence-electron chi connectivity index (χ4n) is 1.30. The van der Waals surface area contributed by atoms with E-state index >= 15 is 0 Å². The normalized spacial score (nSPS) is 12.4. The molecule has 0 aromatic heterocycles. The van der Waals surface area contributed by atoms with Crippen LogP contribution in [0.1, 0.15) is 9.49 Å². The largest absolute Gasteiger partial charge is 0.463 e. The molecule has 0 bridgehead atoms. The van der Waals surface area contributed by atoms with Crippen molar-refractivity contribution in [3.05, 3.63) is 35.9 Å². The van der Waals surface area contributed by atoms with E-state index in [0.29, 0.717) is 5.06 Å². The monoisotopic (exact) mass is 364 g/mol. The van der Waals surface area contributed by atoms with Gasteiger partial charge in [-0.2, -0.15) is 0 Å². The number of carbonyl (C=O) groups excluding carboxylic acids is 1. The molecule has 0 aliphatic carbocycles. The Morgan fingerprint density at radius 2 is 2.00 bits per heavy atom. The number of aliphatic hydroxyl groups excluding tert-OH is 1. The van der Waals surface area contributed by atoms with Gasteiger partial charge in [0.05, 0.1) is 19.7 Å². The smallest absolute Gasteiger partial charge is 0.323 e. The van der Waals surface area contributed by atoms with Crippen molar-refractivity contribution in [2.24, 2.45) is 0 Å². The van der Waals surface area contributed by atoms with Gasteiger partial charge in [0.25, 0.3) is 0 Å². The van der Waals surface area contributed by atoms with Crippen molar-refractivity contribution in [1.29, 1.82) is 0 Å². The van der Waals surface area contributed by atoms with Crippen LogP contribution in [0, 0.1) is 0 Å². The standard InChI is InChI=1S/C12H15INO4/c13-11(10-4-2-1-3-5-10)12(16)18-9-7-14(17)6-8-15/h1-5,11,15H,6-9H2. The van der Waals surface area contributed by atoms with E-state index in [9.17, 15) is 10.0 Å². The third-order valence-electron chi connectivity index (χ3n) is 2.23. The molecule has 1 rings (SSSR count). The van der Waals surface area contributed by atoms with E-state index in [4.69, 9.17) is 9.84 Å². The third kappa shape index (κ3) is 5.30. The van der Waals surface area contributed by atoms with E-state index in [-0.39, 0.29) is 36.2 Å². The summed E-state index contributed by atoms with van der Waals surface area (Å²) in [6.07, 6.45) is 0. The summed E-state index contributed by atoms with van der Waals surface area (Å²) in [4.78, 5) is 11.7. The van der Waals surface area contributed by atoms with Crippen LogP contribution in [0.2, 0.25) is 0 Å². The van der Waals surface area contributed by atoms with Crippen molar-refractivity contribution in [3.8, 4) is 0 Å². The van der Waals surface area contributed by atoms with Gasteiger partial charge in [-0.1, -0.05) is 52.9 Å². The predicted octanol–water partition coefficient (Wildman–Crippen LogP) is 1.35. The zero-order valence-corrected chi connectivity index (χ0v) is 11.9. The minimum absolute atomic E-state index is 0.0316. The Kier molecular flexibility index (Phi) is 7.18. The first-order chi connectivity index (χ1) is 8.65. The van der Waals surface area contributed by atoms with Crippen LogP contribution < -0.4 is 0 Å². The van der Waals surface area contributed by atoms with Gasteiger partial charge in [-0.25, -0.2) is 0 Å². The zero-order chi connectivity index (χ0) is 13.4. The van der Waals surface area contributed by atoms with E-state index in [0.717, 1.165) is 5.56 Å². The Hall–Kier alpha value is -0.700. The van der Waals surface area contributed by atoms with Gasteiger partial charge < -0.3 is 9.84 Å². The molecule has 0 saturated carbocycles. The first-order valence-electron chi connectivity index (χ1n) is 5.53. The lowest BCUT2D eigenvalue weighted by molar-refractivity contribution is -0.173. The van der Waals surface area contributed by atoms with Crippen LogP contribution in [-0.2, 0) is 14.7 Å². The van der Waals surface area contributed by atoms with Gasteiger partial charge in [0.15, 0.2) is 0 Å². The van der Waals surface area contributed by atoms with Gasteiger partial charge in [0, 0.05) is 0 Å². The van der Waals surface area contributed by atoms with E-state index < -0.39 is 0 Å². The molecule has 0 fully saturated rings. The number of hydroxylamine groups is 2. The number of carbonyl (C=O) groups is 1. The number of ether oxygens (including phenoxy) is 1. The molecule has 99 valence electrons. The lowest BCUT2D eigenvalue weighted by atomic mass is 10.2. The van der Waals surface area contributed by atoms with Crippen molar-refractivity contribution < 1.29 is 19.8 Å². The summed E-state index contributed by atoms with van der Waals surface area (Å²) >= 11 is 2.00. The zero-order valence-electron chi connectivity index (χ0n) is 9.79. The second-order valence-corrected chi connectivity index (χ2v) is 4.84. The molecule has 1 N–H and O–H groups in total. The summed E-state index contributed by atoms with van der Waals surface area (Å²) in [6.45, 7) is -0.0562. The average molecular weight is 364 g/mol. The van der Waals surface area contributed by atoms with Gasteiger partial charge in [0.1, 0.15) is 10.5 Å². The molecule has 6 heteroatoms. The number of aliphatic hydroxyl groups is 1. The maximum Gasteiger partial charge on any atom is 0.323 e. The van der Waals surface area contributed by atoms with Crippen LogP contribution in [0.15, 0.2) is 30.3 Å². The molecule has 0 aliphatic heterocycles. The quantitative estimate of drug-likeness (QED) is 0.343. The summed E-state index contributed by atoms with van der Waals surface area (Å²) in [5, 5.41) is 20.2. The predicted molar refractivity (Wildman–Crippen MR) is 73.5 cm³/mol. The lowest BCUT2D eigenvalue weighted by Gasteiger charge is -2.13. The lowest BCUT2D eigenvalue weighted by Crippen LogP contribution is -2.27. The Balaban J connectivity index is 2.33. The maximum atomic E-state index is 11.7. The third-order valence-corrected chi connectivity index (χ3v) is 3.46. The number of benzene rings is 1. The fraction of sp³-hybridized carbons (Fsp3) is 0.417. The Morgan fingerprint density at radius 3 is 2.61 bits per heavy atom. The van der Waals surface area contributed by atoms with E-state index in [1.807, 2.05) is 52.9 Å².